The Morgan fingerprint density at radius 3 is 1.93 bits per heavy atom. The first-order valence-electron chi connectivity index (χ1n) is 9.86. The summed E-state index contributed by atoms with van der Waals surface area (Å²) in [6, 6.07) is 35.7. The normalized spacial score (nSPS) is 14.7. The van der Waals surface area contributed by atoms with E-state index >= 15 is 0 Å². The van der Waals surface area contributed by atoms with E-state index in [0.717, 1.165) is 28.3 Å². The third kappa shape index (κ3) is 3.40. The van der Waals surface area contributed by atoms with E-state index in [-0.39, 0.29) is 5.97 Å². The summed E-state index contributed by atoms with van der Waals surface area (Å²) in [6.45, 7) is 0. The Hall–Kier alpha value is -4.05. The van der Waals surface area contributed by atoms with Crippen molar-refractivity contribution >= 4 is 28.7 Å². The Balaban J connectivity index is 1.51. The number of hydrogen-bond donors (Lipinski definition) is 1. The molecule has 0 bridgehead atoms. The SMILES string of the molecule is O=C1OC(N(c2ccccc2)c2ccc(Nc3ccccc3)cc2)c2ccccc21. The molecule has 5 rings (SSSR count). The summed E-state index contributed by atoms with van der Waals surface area (Å²) in [5, 5.41) is 3.40. The summed E-state index contributed by atoms with van der Waals surface area (Å²) < 4.78 is 5.80. The number of hydrogen-bond acceptors (Lipinski definition) is 4. The molecule has 0 aromatic heterocycles. The highest BCUT2D eigenvalue weighted by Crippen LogP contribution is 2.41. The number of para-hydroxylation sites is 2. The second-order valence-corrected chi connectivity index (χ2v) is 7.09. The molecule has 4 nitrogen and oxygen atoms in total. The van der Waals surface area contributed by atoms with Crippen LogP contribution in [0.15, 0.2) is 109 Å². The number of anilines is 4. The molecule has 1 heterocycles. The van der Waals surface area contributed by atoms with Gasteiger partial charge in [0.25, 0.3) is 0 Å². The molecule has 0 spiro atoms. The van der Waals surface area contributed by atoms with Crippen LogP contribution in [0.2, 0.25) is 0 Å². The number of ether oxygens (including phenoxy) is 1. The zero-order valence-electron chi connectivity index (χ0n) is 16.2. The third-order valence-electron chi connectivity index (χ3n) is 5.14. The zero-order valence-corrected chi connectivity index (χ0v) is 16.2. The van der Waals surface area contributed by atoms with Gasteiger partial charge in [0, 0.05) is 28.3 Å². The molecule has 1 atom stereocenters. The summed E-state index contributed by atoms with van der Waals surface area (Å²) >= 11 is 0. The Morgan fingerprint density at radius 2 is 1.20 bits per heavy atom. The van der Waals surface area contributed by atoms with Crippen molar-refractivity contribution in [1.29, 1.82) is 0 Å². The third-order valence-corrected chi connectivity index (χ3v) is 5.14. The van der Waals surface area contributed by atoms with E-state index < -0.39 is 6.23 Å². The number of nitrogens with one attached hydrogen (secondary N) is 1. The lowest BCUT2D eigenvalue weighted by molar-refractivity contribution is 0.0399. The van der Waals surface area contributed by atoms with Crippen LogP contribution in [0.3, 0.4) is 0 Å². The van der Waals surface area contributed by atoms with Crippen molar-refractivity contribution in [3.8, 4) is 0 Å². The van der Waals surface area contributed by atoms with Gasteiger partial charge in [-0.1, -0.05) is 54.6 Å². The van der Waals surface area contributed by atoms with Crippen LogP contribution in [-0.2, 0) is 4.74 Å². The van der Waals surface area contributed by atoms with Gasteiger partial charge in [0.1, 0.15) is 0 Å². The molecule has 30 heavy (non-hydrogen) atoms. The molecule has 0 radical (unpaired) electrons. The lowest BCUT2D eigenvalue weighted by Gasteiger charge is -2.30. The van der Waals surface area contributed by atoms with E-state index in [1.807, 2.05) is 109 Å². The van der Waals surface area contributed by atoms with Crippen LogP contribution >= 0.6 is 0 Å². The van der Waals surface area contributed by atoms with E-state index in [0.29, 0.717) is 5.56 Å². The summed E-state index contributed by atoms with van der Waals surface area (Å²) in [7, 11) is 0. The van der Waals surface area contributed by atoms with Crippen LogP contribution < -0.4 is 10.2 Å². The minimum Gasteiger partial charge on any atom is -0.433 e. The fraction of sp³-hybridized carbons (Fsp3) is 0.0385. The quantitative estimate of drug-likeness (QED) is 0.397. The van der Waals surface area contributed by atoms with Crippen molar-refractivity contribution in [3.05, 3.63) is 120 Å². The van der Waals surface area contributed by atoms with Crippen LogP contribution in [0.5, 0.6) is 0 Å². The summed E-state index contributed by atoms with van der Waals surface area (Å²) in [6.07, 6.45) is -0.510. The molecule has 1 unspecified atom stereocenters. The highest BCUT2D eigenvalue weighted by molar-refractivity contribution is 5.94. The monoisotopic (exact) mass is 392 g/mol. The largest absolute Gasteiger partial charge is 0.433 e. The molecule has 0 fully saturated rings. The first kappa shape index (κ1) is 18.0. The lowest BCUT2D eigenvalue weighted by atomic mass is 10.1. The Morgan fingerprint density at radius 1 is 0.633 bits per heavy atom. The average molecular weight is 392 g/mol. The van der Waals surface area contributed by atoms with Gasteiger partial charge in [0.2, 0.25) is 6.23 Å². The molecule has 0 amide bonds. The van der Waals surface area contributed by atoms with Crippen LogP contribution in [0, 0.1) is 0 Å². The van der Waals surface area contributed by atoms with Crippen LogP contribution in [-0.4, -0.2) is 5.97 Å². The second-order valence-electron chi connectivity index (χ2n) is 7.09. The maximum absolute atomic E-state index is 12.4. The van der Waals surface area contributed by atoms with Crippen molar-refractivity contribution in [3.63, 3.8) is 0 Å². The molecule has 4 aromatic carbocycles. The number of fused-ring (bicyclic) bond motifs is 1. The first-order valence-corrected chi connectivity index (χ1v) is 9.86. The number of nitrogens with zero attached hydrogens (tertiary/aromatic N) is 1. The number of benzene rings is 4. The lowest BCUT2D eigenvalue weighted by Crippen LogP contribution is -2.23. The summed E-state index contributed by atoms with van der Waals surface area (Å²) in [5.74, 6) is -0.293. The zero-order chi connectivity index (χ0) is 20.3. The molecule has 4 heteroatoms. The highest BCUT2D eigenvalue weighted by atomic mass is 16.6. The predicted octanol–water partition coefficient (Wildman–Crippen LogP) is 6.44. The van der Waals surface area contributed by atoms with Gasteiger partial charge in [-0.05, 0) is 54.6 Å². The van der Waals surface area contributed by atoms with E-state index in [4.69, 9.17) is 4.74 Å². The van der Waals surface area contributed by atoms with Crippen LogP contribution in [0.25, 0.3) is 0 Å². The minimum absolute atomic E-state index is 0.293. The second kappa shape index (κ2) is 7.76. The molecule has 1 aliphatic heterocycles. The molecule has 0 saturated carbocycles. The molecule has 1 aliphatic rings. The Bertz CT molecular complexity index is 1160. The number of esters is 1. The topological polar surface area (TPSA) is 41.6 Å². The van der Waals surface area contributed by atoms with Gasteiger partial charge in [0.05, 0.1) is 5.56 Å². The molecular formula is C26H20N2O2. The van der Waals surface area contributed by atoms with Crippen molar-refractivity contribution in [2.45, 2.75) is 6.23 Å². The Kier molecular flexibility index (Phi) is 4.66. The van der Waals surface area contributed by atoms with E-state index in [1.165, 1.54) is 0 Å². The molecular weight excluding hydrogens is 372 g/mol. The van der Waals surface area contributed by atoms with Gasteiger partial charge < -0.3 is 15.0 Å². The standard InChI is InChI=1S/C26H20N2O2/c29-26-24-14-8-7-13-23(24)25(30-26)28(21-11-5-2-6-12-21)22-17-15-20(16-18-22)27-19-9-3-1-4-10-19/h1-18,25,27H. The van der Waals surface area contributed by atoms with Gasteiger partial charge in [-0.3, -0.25) is 0 Å². The fourth-order valence-electron chi connectivity index (χ4n) is 3.72. The predicted molar refractivity (Wildman–Crippen MR) is 119 cm³/mol. The van der Waals surface area contributed by atoms with Crippen molar-refractivity contribution in [2.75, 3.05) is 10.2 Å². The maximum Gasteiger partial charge on any atom is 0.340 e. The molecule has 1 N–H and O–H groups in total. The number of carbonyl (C=O) groups is 1. The molecule has 0 aliphatic carbocycles. The number of carbonyl (C=O) groups excluding carboxylic acids is 1. The van der Waals surface area contributed by atoms with E-state index in [1.54, 1.807) is 0 Å². The van der Waals surface area contributed by atoms with E-state index in [2.05, 4.69) is 10.2 Å². The van der Waals surface area contributed by atoms with Crippen molar-refractivity contribution in [2.24, 2.45) is 0 Å². The van der Waals surface area contributed by atoms with Crippen LogP contribution in [0.4, 0.5) is 22.7 Å². The average Bonchev–Trinajstić information content (AvgIpc) is 3.13. The number of rotatable bonds is 5. The molecule has 0 saturated heterocycles. The van der Waals surface area contributed by atoms with Gasteiger partial charge in [-0.15, -0.1) is 0 Å². The first-order chi connectivity index (χ1) is 14.8. The summed E-state index contributed by atoms with van der Waals surface area (Å²) in [5.41, 5.74) is 5.40. The van der Waals surface area contributed by atoms with Gasteiger partial charge in [-0.25, -0.2) is 4.79 Å². The number of cyclic esters (lactones) is 1. The fourth-order valence-corrected chi connectivity index (χ4v) is 3.72. The van der Waals surface area contributed by atoms with E-state index in [9.17, 15) is 4.79 Å². The Labute approximate surface area is 175 Å². The van der Waals surface area contributed by atoms with Gasteiger partial charge >= 0.3 is 5.97 Å². The smallest absolute Gasteiger partial charge is 0.340 e. The van der Waals surface area contributed by atoms with Gasteiger partial charge in [-0.2, -0.15) is 0 Å². The maximum atomic E-state index is 12.4. The van der Waals surface area contributed by atoms with Crippen LogP contribution in [0.1, 0.15) is 22.1 Å². The summed E-state index contributed by atoms with van der Waals surface area (Å²) in [4.78, 5) is 14.5. The highest BCUT2D eigenvalue weighted by Gasteiger charge is 2.36. The molecule has 146 valence electrons. The minimum atomic E-state index is -0.510. The molecule has 4 aromatic rings. The van der Waals surface area contributed by atoms with Gasteiger partial charge in [0.15, 0.2) is 0 Å². The van der Waals surface area contributed by atoms with Crippen molar-refractivity contribution in [1.82, 2.24) is 0 Å². The van der Waals surface area contributed by atoms with Crippen molar-refractivity contribution < 1.29 is 9.53 Å².